The first-order valence-electron chi connectivity index (χ1n) is 6.31. The summed E-state index contributed by atoms with van der Waals surface area (Å²) < 4.78 is 19.2. The summed E-state index contributed by atoms with van der Waals surface area (Å²) in [4.78, 5) is 0. The zero-order chi connectivity index (χ0) is 15.9. The number of ether oxygens (including phenoxy) is 1. The molecule has 0 aliphatic rings. The normalized spacial score (nSPS) is 9.45. The maximum Gasteiger partial charge on any atom is 0.134 e. The minimum absolute atomic E-state index is 0.0341. The van der Waals surface area contributed by atoms with Gasteiger partial charge in [0.2, 0.25) is 0 Å². The van der Waals surface area contributed by atoms with Crippen molar-refractivity contribution in [2.45, 2.75) is 6.61 Å². The van der Waals surface area contributed by atoms with Crippen molar-refractivity contribution >= 4 is 22.0 Å². The Morgan fingerprint density at radius 1 is 1.14 bits per heavy atom. The standard InChI is InChI=1S/C17H10BrFN2O/c18-16-8-13(7-14(9-20)10-21)3-6-17(16)22-11-12-1-4-15(19)5-2-12/h1-8H,11H2. The molecule has 2 aromatic carbocycles. The molecule has 0 bridgehead atoms. The zero-order valence-corrected chi connectivity index (χ0v) is 13.0. The molecule has 0 aliphatic carbocycles. The predicted molar refractivity (Wildman–Crippen MR) is 84.1 cm³/mol. The van der Waals surface area contributed by atoms with Crippen LogP contribution in [0, 0.1) is 28.5 Å². The van der Waals surface area contributed by atoms with Gasteiger partial charge in [0.25, 0.3) is 0 Å². The van der Waals surface area contributed by atoms with Crippen LogP contribution < -0.4 is 4.74 Å². The van der Waals surface area contributed by atoms with Crippen molar-refractivity contribution in [2.75, 3.05) is 0 Å². The van der Waals surface area contributed by atoms with E-state index in [-0.39, 0.29) is 11.4 Å². The van der Waals surface area contributed by atoms with Crippen molar-refractivity contribution in [3.63, 3.8) is 0 Å². The van der Waals surface area contributed by atoms with Crippen LogP contribution in [0.25, 0.3) is 6.08 Å². The molecule has 0 N–H and O–H groups in total. The molecule has 0 aromatic heterocycles. The summed E-state index contributed by atoms with van der Waals surface area (Å²) in [6.45, 7) is 0.315. The Morgan fingerprint density at radius 3 is 2.41 bits per heavy atom. The molecular weight excluding hydrogens is 347 g/mol. The quantitative estimate of drug-likeness (QED) is 0.752. The monoisotopic (exact) mass is 356 g/mol. The minimum Gasteiger partial charge on any atom is -0.488 e. The Labute approximate surface area is 136 Å². The van der Waals surface area contributed by atoms with Crippen LogP contribution in [-0.4, -0.2) is 0 Å². The van der Waals surface area contributed by atoms with Crippen LogP contribution in [0.1, 0.15) is 11.1 Å². The van der Waals surface area contributed by atoms with E-state index in [0.717, 1.165) is 11.1 Å². The molecule has 0 heterocycles. The third-order valence-corrected chi connectivity index (χ3v) is 3.44. The summed E-state index contributed by atoms with van der Waals surface area (Å²) in [6.07, 6.45) is 1.49. The van der Waals surface area contributed by atoms with Crippen LogP contribution in [-0.2, 0) is 6.61 Å². The number of halogens is 2. The molecule has 3 nitrogen and oxygen atoms in total. The summed E-state index contributed by atoms with van der Waals surface area (Å²) in [6, 6.07) is 14.9. The van der Waals surface area contributed by atoms with Gasteiger partial charge in [0.15, 0.2) is 0 Å². The van der Waals surface area contributed by atoms with Gasteiger partial charge >= 0.3 is 0 Å². The highest BCUT2D eigenvalue weighted by Crippen LogP contribution is 2.27. The van der Waals surface area contributed by atoms with Gasteiger partial charge < -0.3 is 4.74 Å². The largest absolute Gasteiger partial charge is 0.488 e. The fourth-order valence-corrected chi connectivity index (χ4v) is 2.23. The molecule has 2 aromatic rings. The van der Waals surface area contributed by atoms with E-state index in [1.807, 2.05) is 12.1 Å². The summed E-state index contributed by atoms with van der Waals surface area (Å²) in [5, 5.41) is 17.5. The third-order valence-electron chi connectivity index (χ3n) is 2.82. The van der Waals surface area contributed by atoms with E-state index in [1.165, 1.54) is 18.2 Å². The van der Waals surface area contributed by atoms with Gasteiger partial charge in [-0.2, -0.15) is 10.5 Å². The van der Waals surface area contributed by atoms with E-state index in [0.29, 0.717) is 16.8 Å². The van der Waals surface area contributed by atoms with Crippen molar-refractivity contribution in [2.24, 2.45) is 0 Å². The van der Waals surface area contributed by atoms with Gasteiger partial charge in [-0.3, -0.25) is 0 Å². The zero-order valence-electron chi connectivity index (χ0n) is 11.4. The molecule has 0 atom stereocenters. The molecule has 2 rings (SSSR count). The Hall–Kier alpha value is -2.63. The first-order valence-corrected chi connectivity index (χ1v) is 7.10. The molecule has 0 radical (unpaired) electrons. The minimum atomic E-state index is -0.285. The summed E-state index contributed by atoms with van der Waals surface area (Å²) >= 11 is 3.39. The van der Waals surface area contributed by atoms with Crippen LogP contribution in [0.2, 0.25) is 0 Å². The number of rotatable bonds is 4. The lowest BCUT2D eigenvalue weighted by Crippen LogP contribution is -1.96. The molecule has 22 heavy (non-hydrogen) atoms. The van der Waals surface area contributed by atoms with Gasteiger partial charge in [-0.15, -0.1) is 0 Å². The van der Waals surface area contributed by atoms with Gasteiger partial charge in [-0.25, -0.2) is 4.39 Å². The highest BCUT2D eigenvalue weighted by Gasteiger charge is 2.04. The lowest BCUT2D eigenvalue weighted by molar-refractivity contribution is 0.304. The second-order valence-corrected chi connectivity index (χ2v) is 5.24. The number of benzene rings is 2. The van der Waals surface area contributed by atoms with E-state index in [9.17, 15) is 4.39 Å². The third kappa shape index (κ3) is 4.18. The van der Waals surface area contributed by atoms with E-state index in [1.54, 1.807) is 30.3 Å². The van der Waals surface area contributed by atoms with Crippen molar-refractivity contribution in [1.82, 2.24) is 0 Å². The molecule has 0 unspecified atom stereocenters. The fraction of sp³-hybridized carbons (Fsp3) is 0.0588. The molecule has 0 saturated heterocycles. The number of nitriles is 2. The van der Waals surface area contributed by atoms with Crippen LogP contribution in [0.4, 0.5) is 4.39 Å². The van der Waals surface area contributed by atoms with Crippen LogP contribution in [0.3, 0.4) is 0 Å². The van der Waals surface area contributed by atoms with Gasteiger partial charge in [0, 0.05) is 0 Å². The lowest BCUT2D eigenvalue weighted by Gasteiger charge is -2.09. The molecule has 108 valence electrons. The van der Waals surface area contributed by atoms with Gasteiger partial charge in [-0.1, -0.05) is 18.2 Å². The highest BCUT2D eigenvalue weighted by atomic mass is 79.9. The SMILES string of the molecule is N#CC(C#N)=Cc1ccc(OCc2ccc(F)cc2)c(Br)c1. The molecule has 5 heteroatoms. The number of allylic oxidation sites excluding steroid dienone is 1. The van der Waals surface area contributed by atoms with Crippen molar-refractivity contribution in [3.05, 3.63) is 69.5 Å². The average Bonchev–Trinajstić information content (AvgIpc) is 2.53. The first kappa shape index (κ1) is 15.8. The smallest absolute Gasteiger partial charge is 0.134 e. The number of hydrogen-bond donors (Lipinski definition) is 0. The molecule has 0 spiro atoms. The van der Waals surface area contributed by atoms with E-state index >= 15 is 0 Å². The first-order chi connectivity index (χ1) is 10.6. The maximum absolute atomic E-state index is 12.8. The second-order valence-electron chi connectivity index (χ2n) is 4.39. The average molecular weight is 357 g/mol. The maximum atomic E-state index is 12.8. The lowest BCUT2D eigenvalue weighted by atomic mass is 10.1. The highest BCUT2D eigenvalue weighted by molar-refractivity contribution is 9.10. The molecule has 0 aliphatic heterocycles. The van der Waals surface area contributed by atoms with E-state index in [2.05, 4.69) is 15.9 Å². The van der Waals surface area contributed by atoms with Crippen LogP contribution in [0.5, 0.6) is 5.75 Å². The summed E-state index contributed by atoms with van der Waals surface area (Å²) in [7, 11) is 0. The van der Waals surface area contributed by atoms with Gasteiger partial charge in [-0.05, 0) is 57.4 Å². The van der Waals surface area contributed by atoms with Crippen molar-refractivity contribution < 1.29 is 9.13 Å². The topological polar surface area (TPSA) is 56.8 Å². The van der Waals surface area contributed by atoms with Crippen molar-refractivity contribution in [1.29, 1.82) is 10.5 Å². The number of hydrogen-bond acceptors (Lipinski definition) is 3. The Bertz CT molecular complexity index is 770. The fourth-order valence-electron chi connectivity index (χ4n) is 1.72. The van der Waals surface area contributed by atoms with Crippen molar-refractivity contribution in [3.8, 4) is 17.9 Å². The Morgan fingerprint density at radius 2 is 1.82 bits per heavy atom. The molecular formula is C17H10BrFN2O. The summed E-state index contributed by atoms with van der Waals surface area (Å²) in [5.74, 6) is 0.337. The molecule has 0 saturated carbocycles. The molecule has 0 amide bonds. The predicted octanol–water partition coefficient (Wildman–Crippen LogP) is 4.60. The Kier molecular flexibility index (Phi) is 5.30. The second kappa shape index (κ2) is 7.40. The van der Waals surface area contributed by atoms with E-state index in [4.69, 9.17) is 15.3 Å². The van der Waals surface area contributed by atoms with Gasteiger partial charge in [0.05, 0.1) is 4.47 Å². The summed E-state index contributed by atoms with van der Waals surface area (Å²) in [5.41, 5.74) is 1.61. The molecule has 0 fully saturated rings. The Balaban J connectivity index is 2.10. The van der Waals surface area contributed by atoms with Crippen LogP contribution in [0.15, 0.2) is 52.5 Å². The van der Waals surface area contributed by atoms with Gasteiger partial charge in [0.1, 0.15) is 35.9 Å². The van der Waals surface area contributed by atoms with E-state index < -0.39 is 0 Å². The van der Waals surface area contributed by atoms with Crippen LogP contribution >= 0.6 is 15.9 Å². The number of nitrogens with zero attached hydrogens (tertiary/aromatic N) is 2.